The lowest BCUT2D eigenvalue weighted by atomic mass is 10.1. The molecule has 0 radical (unpaired) electrons. The van der Waals surface area contributed by atoms with Crippen LogP contribution in [-0.4, -0.2) is 49.3 Å². The highest BCUT2D eigenvalue weighted by Crippen LogP contribution is 2.32. The van der Waals surface area contributed by atoms with Crippen LogP contribution >= 0.6 is 11.3 Å². The average Bonchev–Trinajstić information content (AvgIpc) is 3.55. The maximum atomic E-state index is 13.6. The lowest BCUT2D eigenvalue weighted by molar-refractivity contribution is -0.192. The molecule has 38 heavy (non-hydrogen) atoms. The molecule has 0 spiro atoms. The van der Waals surface area contributed by atoms with Gasteiger partial charge in [-0.25, -0.2) is 9.59 Å². The minimum absolute atomic E-state index is 0.0765. The Bertz CT molecular complexity index is 1530. The molecule has 1 aliphatic heterocycles. The van der Waals surface area contributed by atoms with Crippen LogP contribution < -0.4 is 16.6 Å². The first-order chi connectivity index (χ1) is 18.1. The monoisotopic (exact) mass is 549 g/mol. The summed E-state index contributed by atoms with van der Waals surface area (Å²) in [6.07, 6.45) is -1.60. The Balaban J connectivity index is 0.000000426. The Morgan fingerprint density at radius 1 is 1.16 bits per heavy atom. The van der Waals surface area contributed by atoms with Gasteiger partial charge in [-0.05, 0) is 50.6 Å². The number of benzene rings is 1. The van der Waals surface area contributed by atoms with Gasteiger partial charge in [0.25, 0.3) is 5.56 Å². The fraction of sp³-hybridized carbons (Fsp3) is 0.360. The average molecular weight is 550 g/mol. The summed E-state index contributed by atoms with van der Waals surface area (Å²) in [4.78, 5) is 37.0. The number of nitrogens with zero attached hydrogens (tertiary/aromatic N) is 4. The van der Waals surface area contributed by atoms with Crippen molar-refractivity contribution < 1.29 is 23.1 Å². The van der Waals surface area contributed by atoms with Gasteiger partial charge in [0.05, 0.1) is 17.8 Å². The van der Waals surface area contributed by atoms with E-state index in [0.29, 0.717) is 16.8 Å². The molecule has 9 nitrogen and oxygen atoms in total. The molecule has 202 valence electrons. The fourth-order valence-electron chi connectivity index (χ4n) is 4.28. The van der Waals surface area contributed by atoms with Gasteiger partial charge in [0.15, 0.2) is 0 Å². The maximum absolute atomic E-state index is 13.6. The molecule has 4 heterocycles. The largest absolute Gasteiger partial charge is 0.490 e. The molecule has 1 aliphatic rings. The van der Waals surface area contributed by atoms with Gasteiger partial charge in [0.2, 0.25) is 0 Å². The number of thiophene rings is 1. The molecule has 0 atom stereocenters. The van der Waals surface area contributed by atoms with E-state index in [0.717, 1.165) is 48.6 Å². The van der Waals surface area contributed by atoms with Gasteiger partial charge in [0.1, 0.15) is 4.70 Å². The summed E-state index contributed by atoms with van der Waals surface area (Å²) < 4.78 is 37.4. The topological polar surface area (TPSA) is 111 Å². The summed E-state index contributed by atoms with van der Waals surface area (Å²) in [5.41, 5.74) is 2.14. The molecule has 0 saturated carbocycles. The van der Waals surface area contributed by atoms with Crippen molar-refractivity contribution >= 4 is 27.5 Å². The summed E-state index contributed by atoms with van der Waals surface area (Å²) in [6, 6.07) is 13.8. The molecule has 0 unspecified atom stereocenters. The van der Waals surface area contributed by atoms with Crippen molar-refractivity contribution in [2.24, 2.45) is 0 Å². The van der Waals surface area contributed by atoms with Crippen LogP contribution in [0.3, 0.4) is 0 Å². The van der Waals surface area contributed by atoms with Crippen molar-refractivity contribution in [3.8, 4) is 10.4 Å². The molecular weight excluding hydrogens is 523 g/mol. The highest BCUT2D eigenvalue weighted by molar-refractivity contribution is 7.22. The van der Waals surface area contributed by atoms with Crippen molar-refractivity contribution in [2.45, 2.75) is 45.1 Å². The van der Waals surface area contributed by atoms with Crippen LogP contribution in [0.1, 0.15) is 31.5 Å². The standard InChI is InChI=1S/C23H25N5O2S.C2HF3O2/c1-2-26-13-10-17(25-26)15-27-19-14-20(16-6-4-3-5-7-16)31-21(19)22(29)28(23(27)30)18-8-11-24-12-9-18;3-2(4,5)1(6)7/h3-7,10,13-14,18,24H,2,8-9,11-12,15H2,1H3;(H,6,7). The second-order valence-corrected chi connectivity index (χ2v) is 9.73. The van der Waals surface area contributed by atoms with E-state index in [2.05, 4.69) is 10.4 Å². The van der Waals surface area contributed by atoms with Gasteiger partial charge in [0, 0.05) is 23.7 Å². The van der Waals surface area contributed by atoms with Crippen LogP contribution in [0.5, 0.6) is 0 Å². The van der Waals surface area contributed by atoms with Crippen LogP contribution in [0.2, 0.25) is 0 Å². The molecule has 1 aromatic carbocycles. The number of piperidine rings is 1. The van der Waals surface area contributed by atoms with Gasteiger partial charge in [-0.1, -0.05) is 30.3 Å². The Labute approximate surface area is 218 Å². The highest BCUT2D eigenvalue weighted by Gasteiger charge is 2.38. The van der Waals surface area contributed by atoms with E-state index >= 15 is 0 Å². The minimum atomic E-state index is -5.08. The number of hydrogen-bond donors (Lipinski definition) is 2. The predicted molar refractivity (Wildman–Crippen MR) is 138 cm³/mol. The molecule has 0 bridgehead atoms. The Hall–Kier alpha value is -3.71. The lowest BCUT2D eigenvalue weighted by Gasteiger charge is -2.24. The third-order valence-electron chi connectivity index (χ3n) is 6.17. The smallest absolute Gasteiger partial charge is 0.475 e. The number of rotatable bonds is 5. The van der Waals surface area contributed by atoms with Gasteiger partial charge in [-0.3, -0.25) is 18.6 Å². The number of aromatic nitrogens is 4. The predicted octanol–water partition coefficient (Wildman–Crippen LogP) is 3.71. The zero-order chi connectivity index (χ0) is 27.4. The van der Waals surface area contributed by atoms with Gasteiger partial charge < -0.3 is 10.4 Å². The van der Waals surface area contributed by atoms with Crippen LogP contribution in [-0.2, 0) is 17.9 Å². The second-order valence-electron chi connectivity index (χ2n) is 8.68. The fourth-order valence-corrected chi connectivity index (χ4v) is 5.38. The second kappa shape index (κ2) is 11.4. The normalized spacial score (nSPS) is 14.3. The number of carbonyl (C=O) groups is 1. The van der Waals surface area contributed by atoms with E-state index < -0.39 is 12.1 Å². The van der Waals surface area contributed by atoms with Crippen molar-refractivity contribution in [1.29, 1.82) is 0 Å². The summed E-state index contributed by atoms with van der Waals surface area (Å²) >= 11 is 1.46. The number of aliphatic carboxylic acids is 1. The van der Waals surface area contributed by atoms with Gasteiger partial charge in [-0.15, -0.1) is 11.3 Å². The number of alkyl halides is 3. The first-order valence-electron chi connectivity index (χ1n) is 12.0. The number of carboxylic acid groups (broad SMARTS) is 1. The van der Waals surface area contributed by atoms with E-state index in [1.165, 1.54) is 15.9 Å². The molecule has 13 heteroatoms. The first-order valence-corrected chi connectivity index (χ1v) is 12.8. The number of fused-ring (bicyclic) bond motifs is 1. The Morgan fingerprint density at radius 2 is 1.82 bits per heavy atom. The Morgan fingerprint density at radius 3 is 2.39 bits per heavy atom. The van der Waals surface area contributed by atoms with E-state index in [-0.39, 0.29) is 17.3 Å². The Kier molecular flexibility index (Phi) is 8.17. The summed E-state index contributed by atoms with van der Waals surface area (Å²) in [5, 5.41) is 15.0. The SMILES string of the molecule is CCn1ccc(Cn2c(=O)n(C3CCNCC3)c(=O)c3sc(-c4ccccc4)cc32)n1.O=C(O)C(F)(F)F. The third kappa shape index (κ3) is 5.89. The number of halogens is 3. The van der Waals surface area contributed by atoms with Gasteiger partial charge >= 0.3 is 17.8 Å². The number of nitrogens with one attached hydrogen (secondary N) is 1. The van der Waals surface area contributed by atoms with Crippen molar-refractivity contribution in [1.82, 2.24) is 24.2 Å². The van der Waals surface area contributed by atoms with E-state index in [1.807, 2.05) is 60.3 Å². The molecule has 5 rings (SSSR count). The third-order valence-corrected chi connectivity index (χ3v) is 7.33. The zero-order valence-corrected chi connectivity index (χ0v) is 21.3. The molecule has 0 aliphatic carbocycles. The molecule has 0 amide bonds. The number of aryl methyl sites for hydroxylation is 1. The van der Waals surface area contributed by atoms with E-state index in [9.17, 15) is 22.8 Å². The zero-order valence-electron chi connectivity index (χ0n) is 20.4. The molecule has 1 fully saturated rings. The van der Waals surface area contributed by atoms with Crippen molar-refractivity contribution in [3.05, 3.63) is 75.2 Å². The molecular formula is C25H26F3N5O4S. The van der Waals surface area contributed by atoms with E-state index in [4.69, 9.17) is 9.90 Å². The molecule has 2 N–H and O–H groups in total. The quantitative estimate of drug-likeness (QED) is 0.393. The summed E-state index contributed by atoms with van der Waals surface area (Å²) in [6.45, 7) is 4.78. The van der Waals surface area contributed by atoms with E-state index in [1.54, 1.807) is 4.57 Å². The number of hydrogen-bond acceptors (Lipinski definition) is 6. The van der Waals surface area contributed by atoms with Crippen molar-refractivity contribution in [2.75, 3.05) is 13.1 Å². The summed E-state index contributed by atoms with van der Waals surface area (Å²) in [7, 11) is 0. The van der Waals surface area contributed by atoms with Crippen LogP contribution in [0.25, 0.3) is 20.7 Å². The van der Waals surface area contributed by atoms with Crippen molar-refractivity contribution in [3.63, 3.8) is 0 Å². The summed E-state index contributed by atoms with van der Waals surface area (Å²) in [5.74, 6) is -2.76. The lowest BCUT2D eigenvalue weighted by Crippen LogP contribution is -2.45. The first kappa shape index (κ1) is 27.3. The molecule has 3 aromatic heterocycles. The van der Waals surface area contributed by atoms with Crippen LogP contribution in [0.15, 0.2) is 58.3 Å². The molecule has 4 aromatic rings. The maximum Gasteiger partial charge on any atom is 0.490 e. The minimum Gasteiger partial charge on any atom is -0.475 e. The van der Waals surface area contributed by atoms with Gasteiger partial charge in [-0.2, -0.15) is 18.3 Å². The van der Waals surface area contributed by atoms with Crippen LogP contribution in [0, 0.1) is 0 Å². The highest BCUT2D eigenvalue weighted by atomic mass is 32.1. The molecule has 1 saturated heterocycles. The number of carboxylic acids is 1. The van der Waals surface area contributed by atoms with Crippen LogP contribution in [0.4, 0.5) is 13.2 Å².